The number of rotatable bonds is 1. The van der Waals surface area contributed by atoms with Gasteiger partial charge in [0.2, 0.25) is 0 Å². The normalized spacial score (nSPS) is 15.2. The van der Waals surface area contributed by atoms with Crippen LogP contribution < -0.4 is 5.73 Å². The van der Waals surface area contributed by atoms with Crippen LogP contribution in [0.5, 0.6) is 0 Å². The van der Waals surface area contributed by atoms with Crippen LogP contribution >= 0.6 is 0 Å². The molecule has 1 unspecified atom stereocenters. The maximum atomic E-state index is 6.40. The van der Waals surface area contributed by atoms with Gasteiger partial charge < -0.3 is 5.73 Å². The average Bonchev–Trinajstić information content (AvgIpc) is 2.78. The third kappa shape index (κ3) is 2.39. The summed E-state index contributed by atoms with van der Waals surface area (Å²) in [7, 11) is 0. The predicted molar refractivity (Wildman–Crippen MR) is 121 cm³/mol. The molecule has 1 aliphatic carbocycles. The molecular formula is C27H20N2. The average molecular weight is 372 g/mol. The Morgan fingerprint density at radius 2 is 1.38 bits per heavy atom. The molecule has 0 saturated heterocycles. The van der Waals surface area contributed by atoms with Crippen LogP contribution in [0.15, 0.2) is 91.0 Å². The van der Waals surface area contributed by atoms with E-state index in [0.717, 1.165) is 17.5 Å². The van der Waals surface area contributed by atoms with Gasteiger partial charge in [-0.1, -0.05) is 91.0 Å². The minimum Gasteiger partial charge on any atom is -0.383 e. The van der Waals surface area contributed by atoms with Crippen LogP contribution in [0.25, 0.3) is 32.8 Å². The number of nitrogens with two attached hydrogens (primary N) is 1. The maximum Gasteiger partial charge on any atom is 0.131 e. The number of benzene rings is 4. The molecule has 2 heteroatoms. The summed E-state index contributed by atoms with van der Waals surface area (Å²) in [5.41, 5.74) is 12.6. The summed E-state index contributed by atoms with van der Waals surface area (Å²) in [5, 5.41) is 4.84. The first-order valence-electron chi connectivity index (χ1n) is 10.1. The van der Waals surface area contributed by atoms with Crippen LogP contribution in [-0.4, -0.2) is 4.98 Å². The molecule has 0 aliphatic heterocycles. The van der Waals surface area contributed by atoms with Crippen molar-refractivity contribution in [2.24, 2.45) is 0 Å². The molecule has 1 atom stereocenters. The van der Waals surface area contributed by atoms with Crippen molar-refractivity contribution >= 4 is 27.4 Å². The molecule has 0 spiro atoms. The van der Waals surface area contributed by atoms with Crippen LogP contribution in [0.2, 0.25) is 0 Å². The minimum atomic E-state index is 0.240. The SMILES string of the molecule is Nc1nc2c(c3ccccc13)C(c1cccc3ccccc13)Cc1ccccc1-2. The number of pyridine rings is 1. The van der Waals surface area contributed by atoms with E-state index in [1.54, 1.807) is 0 Å². The van der Waals surface area contributed by atoms with E-state index >= 15 is 0 Å². The van der Waals surface area contributed by atoms with E-state index in [-0.39, 0.29) is 5.92 Å². The van der Waals surface area contributed by atoms with Crippen molar-refractivity contribution in [1.82, 2.24) is 4.98 Å². The Morgan fingerprint density at radius 1 is 0.690 bits per heavy atom. The molecule has 0 bridgehead atoms. The van der Waals surface area contributed by atoms with Gasteiger partial charge in [0.15, 0.2) is 0 Å². The minimum absolute atomic E-state index is 0.240. The lowest BCUT2D eigenvalue weighted by Gasteiger charge is -2.30. The first kappa shape index (κ1) is 16.3. The summed E-state index contributed by atoms with van der Waals surface area (Å²) in [4.78, 5) is 4.92. The molecule has 1 heterocycles. The Bertz CT molecular complexity index is 1400. The Kier molecular flexibility index (Phi) is 3.48. The molecule has 5 aromatic rings. The van der Waals surface area contributed by atoms with E-state index in [0.29, 0.717) is 5.82 Å². The van der Waals surface area contributed by atoms with E-state index < -0.39 is 0 Å². The Morgan fingerprint density at radius 3 is 2.28 bits per heavy atom. The zero-order chi connectivity index (χ0) is 19.4. The monoisotopic (exact) mass is 372 g/mol. The number of fused-ring (bicyclic) bond motifs is 6. The number of anilines is 1. The topological polar surface area (TPSA) is 38.9 Å². The van der Waals surface area contributed by atoms with E-state index in [9.17, 15) is 0 Å². The fourth-order valence-corrected chi connectivity index (χ4v) is 4.94. The fraction of sp³-hybridized carbons (Fsp3) is 0.0741. The Hall–Kier alpha value is -3.65. The third-order valence-electron chi connectivity index (χ3n) is 6.22. The summed E-state index contributed by atoms with van der Waals surface area (Å²) in [5.74, 6) is 0.844. The lowest BCUT2D eigenvalue weighted by Crippen LogP contribution is -2.15. The highest BCUT2D eigenvalue weighted by Crippen LogP contribution is 2.47. The molecule has 4 aromatic carbocycles. The van der Waals surface area contributed by atoms with Gasteiger partial charge in [-0.25, -0.2) is 4.98 Å². The zero-order valence-electron chi connectivity index (χ0n) is 16.0. The first-order valence-corrected chi connectivity index (χ1v) is 10.1. The number of hydrogen-bond donors (Lipinski definition) is 1. The van der Waals surface area contributed by atoms with Crippen LogP contribution in [0.1, 0.15) is 22.6 Å². The largest absolute Gasteiger partial charge is 0.383 e. The van der Waals surface area contributed by atoms with E-state index in [4.69, 9.17) is 10.7 Å². The number of aromatic nitrogens is 1. The van der Waals surface area contributed by atoms with Gasteiger partial charge >= 0.3 is 0 Å². The molecule has 0 amide bonds. The summed E-state index contributed by atoms with van der Waals surface area (Å²) < 4.78 is 0. The number of hydrogen-bond acceptors (Lipinski definition) is 2. The predicted octanol–water partition coefficient (Wildman–Crippen LogP) is 6.33. The van der Waals surface area contributed by atoms with Crippen LogP contribution in [0.3, 0.4) is 0 Å². The molecule has 0 radical (unpaired) electrons. The summed E-state index contributed by atoms with van der Waals surface area (Å²) in [6.45, 7) is 0. The van der Waals surface area contributed by atoms with Crippen molar-refractivity contribution in [1.29, 1.82) is 0 Å². The second-order valence-corrected chi connectivity index (χ2v) is 7.79. The molecule has 0 fully saturated rings. The third-order valence-corrected chi connectivity index (χ3v) is 6.22. The molecule has 1 aromatic heterocycles. The Labute approximate surface area is 169 Å². The van der Waals surface area contributed by atoms with Crippen molar-refractivity contribution in [3.8, 4) is 11.3 Å². The summed E-state index contributed by atoms with van der Waals surface area (Å²) in [6.07, 6.45) is 0.965. The molecule has 2 nitrogen and oxygen atoms in total. The highest BCUT2D eigenvalue weighted by atomic mass is 14.9. The first-order chi connectivity index (χ1) is 14.3. The molecule has 29 heavy (non-hydrogen) atoms. The van der Waals surface area contributed by atoms with Crippen LogP contribution in [-0.2, 0) is 6.42 Å². The smallest absolute Gasteiger partial charge is 0.131 e. The van der Waals surface area contributed by atoms with Gasteiger partial charge in [0, 0.05) is 16.9 Å². The van der Waals surface area contributed by atoms with Crippen molar-refractivity contribution in [2.45, 2.75) is 12.3 Å². The second-order valence-electron chi connectivity index (χ2n) is 7.79. The van der Waals surface area contributed by atoms with E-state index in [1.165, 1.54) is 38.4 Å². The lowest BCUT2D eigenvalue weighted by molar-refractivity contribution is 0.801. The molecule has 1 aliphatic rings. The van der Waals surface area contributed by atoms with Gasteiger partial charge in [-0.2, -0.15) is 0 Å². The van der Waals surface area contributed by atoms with Gasteiger partial charge in [0.25, 0.3) is 0 Å². The van der Waals surface area contributed by atoms with Crippen molar-refractivity contribution in [3.05, 3.63) is 108 Å². The van der Waals surface area contributed by atoms with Crippen LogP contribution in [0, 0.1) is 0 Å². The zero-order valence-corrected chi connectivity index (χ0v) is 16.0. The van der Waals surface area contributed by atoms with Gasteiger partial charge in [-0.15, -0.1) is 0 Å². The molecule has 2 N–H and O–H groups in total. The van der Waals surface area contributed by atoms with Gasteiger partial charge in [-0.3, -0.25) is 0 Å². The quantitative estimate of drug-likeness (QED) is 0.374. The molecule has 138 valence electrons. The second kappa shape index (κ2) is 6.18. The molecule has 0 saturated carbocycles. The molecule has 6 rings (SSSR count). The highest BCUT2D eigenvalue weighted by molar-refractivity contribution is 5.99. The van der Waals surface area contributed by atoms with Crippen LogP contribution in [0.4, 0.5) is 5.82 Å². The lowest BCUT2D eigenvalue weighted by atomic mass is 9.75. The summed E-state index contributed by atoms with van der Waals surface area (Å²) in [6, 6.07) is 32.3. The maximum absolute atomic E-state index is 6.40. The van der Waals surface area contributed by atoms with E-state index in [1.807, 2.05) is 6.07 Å². The van der Waals surface area contributed by atoms with Gasteiger partial charge in [0.05, 0.1) is 5.69 Å². The Balaban J connectivity index is 1.74. The van der Waals surface area contributed by atoms with Gasteiger partial charge in [0.1, 0.15) is 5.82 Å². The van der Waals surface area contributed by atoms with E-state index in [2.05, 4.69) is 84.9 Å². The fourth-order valence-electron chi connectivity index (χ4n) is 4.94. The number of nitrogens with zero attached hydrogens (tertiary/aromatic N) is 1. The van der Waals surface area contributed by atoms with Gasteiger partial charge in [-0.05, 0) is 39.3 Å². The highest BCUT2D eigenvalue weighted by Gasteiger charge is 2.30. The van der Waals surface area contributed by atoms with Crippen molar-refractivity contribution in [3.63, 3.8) is 0 Å². The standard InChI is InChI=1S/C27H20N2/c28-27-23-14-6-5-13-22(23)25-24(16-18-9-2-4-12-20(18)26(25)29-27)21-15-7-10-17-8-1-3-11-19(17)21/h1-15,24H,16H2,(H2,28,29). The number of nitrogen functional groups attached to an aromatic ring is 1. The molecular weight excluding hydrogens is 352 g/mol. The summed E-state index contributed by atoms with van der Waals surface area (Å²) >= 11 is 0. The van der Waals surface area contributed by atoms with Crippen molar-refractivity contribution < 1.29 is 0 Å². The van der Waals surface area contributed by atoms with Crippen molar-refractivity contribution in [2.75, 3.05) is 5.73 Å².